The molecule has 0 fully saturated rings. The first-order valence-electron chi connectivity index (χ1n) is 11.1. The normalized spacial score (nSPS) is 11.8. The minimum absolute atomic E-state index is 0.00275. The molecular weight excluding hydrogens is 485 g/mol. The molecule has 0 unspecified atom stereocenters. The Morgan fingerprint density at radius 3 is 2.47 bits per heavy atom. The van der Waals surface area contributed by atoms with E-state index in [1.165, 1.54) is 25.4 Å². The van der Waals surface area contributed by atoms with Crippen molar-refractivity contribution in [3.63, 3.8) is 0 Å². The highest BCUT2D eigenvalue weighted by molar-refractivity contribution is 7.00. The van der Waals surface area contributed by atoms with Crippen LogP contribution in [-0.2, 0) is 11.2 Å². The van der Waals surface area contributed by atoms with E-state index >= 15 is 0 Å². The highest BCUT2D eigenvalue weighted by Gasteiger charge is 2.25. The van der Waals surface area contributed by atoms with Gasteiger partial charge in [0.05, 0.1) is 31.0 Å². The Kier molecular flexibility index (Phi) is 7.65. The van der Waals surface area contributed by atoms with Crippen LogP contribution in [0.25, 0.3) is 16.6 Å². The first-order valence-corrected chi connectivity index (χ1v) is 11.8. The van der Waals surface area contributed by atoms with Crippen LogP contribution in [0.2, 0.25) is 0 Å². The molecule has 10 heteroatoms. The van der Waals surface area contributed by atoms with Crippen molar-refractivity contribution >= 4 is 40.1 Å². The number of Topliss-reactive ketones (excluding diaryl/α,β-unsaturated/α-hetero) is 1. The lowest BCUT2D eigenvalue weighted by Crippen LogP contribution is -2.14. The summed E-state index contributed by atoms with van der Waals surface area (Å²) in [5.74, 6) is -2.23. The molecule has 4 aromatic rings. The number of carbonyl (C=O) groups is 2. The third-order valence-corrected chi connectivity index (χ3v) is 5.93. The number of hydrogen-bond donors (Lipinski definition) is 1. The van der Waals surface area contributed by atoms with Gasteiger partial charge in [-0.25, -0.2) is 14.2 Å². The van der Waals surface area contributed by atoms with Gasteiger partial charge >= 0.3 is 5.97 Å². The van der Waals surface area contributed by atoms with Gasteiger partial charge in [0.2, 0.25) is 5.88 Å². The molecule has 0 saturated carbocycles. The van der Waals surface area contributed by atoms with Gasteiger partial charge in [0.1, 0.15) is 11.0 Å². The van der Waals surface area contributed by atoms with Crippen LogP contribution >= 0.6 is 11.7 Å². The zero-order valence-corrected chi connectivity index (χ0v) is 20.3. The zero-order valence-electron chi connectivity index (χ0n) is 19.5. The van der Waals surface area contributed by atoms with Gasteiger partial charge in [-0.3, -0.25) is 4.79 Å². The van der Waals surface area contributed by atoms with Gasteiger partial charge in [0, 0.05) is 29.8 Å². The monoisotopic (exact) mass is 507 g/mol. The van der Waals surface area contributed by atoms with E-state index in [0.717, 1.165) is 17.8 Å². The maximum absolute atomic E-state index is 14.7. The number of nitrogens with zero attached hydrogens (tertiary/aromatic N) is 3. The number of fused-ring (bicyclic) bond motifs is 1. The Labute approximate surface area is 210 Å². The molecule has 1 N–H and O–H groups in total. The number of pyridine rings is 1. The highest BCUT2D eigenvalue weighted by Crippen LogP contribution is 2.29. The molecule has 0 bridgehead atoms. The van der Waals surface area contributed by atoms with Crippen molar-refractivity contribution in [2.75, 3.05) is 13.7 Å². The summed E-state index contributed by atoms with van der Waals surface area (Å²) in [7, 11) is 1.48. The van der Waals surface area contributed by atoms with Gasteiger partial charge in [-0.1, -0.05) is 19.1 Å². The smallest absolute Gasteiger partial charge is 0.336 e. The van der Waals surface area contributed by atoms with Gasteiger partial charge < -0.3 is 14.6 Å². The Morgan fingerprint density at radius 2 is 1.81 bits per heavy atom. The number of benzene rings is 2. The summed E-state index contributed by atoms with van der Waals surface area (Å²) in [5, 5.41) is 10.2. The highest BCUT2D eigenvalue weighted by atomic mass is 32.1. The van der Waals surface area contributed by atoms with Crippen molar-refractivity contribution in [3.8, 4) is 11.6 Å². The first kappa shape index (κ1) is 24.9. The summed E-state index contributed by atoms with van der Waals surface area (Å²) >= 11 is 1.00. The molecule has 0 aliphatic carbocycles. The fourth-order valence-corrected chi connectivity index (χ4v) is 4.15. The summed E-state index contributed by atoms with van der Waals surface area (Å²) in [6.07, 6.45) is 2.14. The second-order valence-corrected chi connectivity index (χ2v) is 8.36. The maximum Gasteiger partial charge on any atom is 0.336 e. The molecule has 8 nitrogen and oxygen atoms in total. The van der Waals surface area contributed by atoms with Crippen LogP contribution in [-0.4, -0.2) is 44.3 Å². The van der Waals surface area contributed by atoms with Crippen molar-refractivity contribution < 1.29 is 28.6 Å². The van der Waals surface area contributed by atoms with Crippen LogP contribution in [0.15, 0.2) is 60.3 Å². The molecule has 0 amide bonds. The van der Waals surface area contributed by atoms with Crippen molar-refractivity contribution in [2.45, 2.75) is 19.8 Å². The Balaban J connectivity index is 1.84. The molecule has 0 aliphatic rings. The van der Waals surface area contributed by atoms with Crippen LogP contribution in [0.5, 0.6) is 11.6 Å². The van der Waals surface area contributed by atoms with Gasteiger partial charge in [0.15, 0.2) is 17.3 Å². The number of aliphatic carboxylic acids is 1. The SMILES string of the molecule is CCCOc1ccc(C(=O)C(Cc2ccc(OC)nc2)=C(C(=O)O)c2ccc3nsnc3c2)cc1F. The molecular formula is C26H22FN3O5S. The lowest BCUT2D eigenvalue weighted by atomic mass is 9.89. The first-order chi connectivity index (χ1) is 17.4. The topological polar surface area (TPSA) is 112 Å². The largest absolute Gasteiger partial charge is 0.491 e. The maximum atomic E-state index is 14.7. The van der Waals surface area contributed by atoms with Gasteiger partial charge in [0.25, 0.3) is 0 Å². The Bertz CT molecular complexity index is 1450. The van der Waals surface area contributed by atoms with Crippen LogP contribution in [0, 0.1) is 5.82 Å². The van der Waals surface area contributed by atoms with E-state index < -0.39 is 17.6 Å². The fraction of sp³-hybridized carbons (Fsp3) is 0.192. The quantitative estimate of drug-likeness (QED) is 0.236. The van der Waals surface area contributed by atoms with Crippen molar-refractivity contribution in [2.24, 2.45) is 0 Å². The van der Waals surface area contributed by atoms with E-state index in [0.29, 0.717) is 35.5 Å². The average Bonchev–Trinajstić information content (AvgIpc) is 3.35. The van der Waals surface area contributed by atoms with Crippen molar-refractivity contribution in [1.82, 2.24) is 13.7 Å². The summed E-state index contributed by atoms with van der Waals surface area (Å²) in [6, 6.07) is 12.0. The van der Waals surface area contributed by atoms with E-state index in [1.54, 1.807) is 30.3 Å². The third-order valence-electron chi connectivity index (χ3n) is 5.38. The van der Waals surface area contributed by atoms with Crippen LogP contribution in [0.3, 0.4) is 0 Å². The number of allylic oxidation sites excluding steroid dienone is 1. The number of ether oxygens (including phenoxy) is 2. The molecule has 0 radical (unpaired) electrons. The molecule has 184 valence electrons. The second-order valence-electron chi connectivity index (χ2n) is 7.83. The minimum Gasteiger partial charge on any atom is -0.491 e. The lowest BCUT2D eigenvalue weighted by molar-refractivity contribution is -0.130. The second kappa shape index (κ2) is 11.0. The lowest BCUT2D eigenvalue weighted by Gasteiger charge is -2.14. The van der Waals surface area contributed by atoms with Gasteiger partial charge in [-0.05, 0) is 47.9 Å². The summed E-state index contributed by atoms with van der Waals surface area (Å²) in [6.45, 7) is 2.23. The number of aromatic nitrogens is 3. The summed E-state index contributed by atoms with van der Waals surface area (Å²) < 4.78 is 33.4. The zero-order chi connectivity index (χ0) is 25.7. The molecule has 2 aromatic heterocycles. The molecule has 0 aliphatic heterocycles. The van der Waals surface area contributed by atoms with E-state index in [2.05, 4.69) is 13.7 Å². The summed E-state index contributed by atoms with van der Waals surface area (Å²) in [5.41, 5.74) is 1.76. The van der Waals surface area contributed by atoms with Crippen molar-refractivity contribution in [1.29, 1.82) is 0 Å². The van der Waals surface area contributed by atoms with Crippen molar-refractivity contribution in [3.05, 3.63) is 82.8 Å². The molecule has 4 rings (SSSR count). The standard InChI is InChI=1S/C26H22FN3O5S/c1-3-10-35-22-8-6-17(12-19(22)27)25(31)18(11-15-4-9-23(34-2)28-14-15)24(26(32)33)16-5-7-20-21(13-16)30-36-29-20/h4-9,12-14H,3,10-11H2,1-2H3,(H,32,33). The molecule has 0 saturated heterocycles. The number of methoxy groups -OCH3 is 1. The van der Waals surface area contributed by atoms with E-state index in [9.17, 15) is 19.1 Å². The minimum atomic E-state index is -1.30. The molecule has 36 heavy (non-hydrogen) atoms. The third kappa shape index (κ3) is 5.38. The van der Waals surface area contributed by atoms with Crippen LogP contribution in [0.1, 0.15) is 34.8 Å². The van der Waals surface area contributed by atoms with E-state index in [1.807, 2.05) is 6.92 Å². The Morgan fingerprint density at radius 1 is 1.03 bits per heavy atom. The van der Waals surface area contributed by atoms with Crippen LogP contribution < -0.4 is 9.47 Å². The van der Waals surface area contributed by atoms with Gasteiger partial charge in [-0.2, -0.15) is 8.75 Å². The van der Waals surface area contributed by atoms with E-state index in [-0.39, 0.29) is 34.4 Å². The number of rotatable bonds is 10. The predicted molar refractivity (Wildman–Crippen MR) is 133 cm³/mol. The number of carboxylic acids is 1. The number of carbonyl (C=O) groups excluding carboxylic acids is 1. The van der Waals surface area contributed by atoms with E-state index in [4.69, 9.17) is 9.47 Å². The molecule has 0 spiro atoms. The number of hydrogen-bond acceptors (Lipinski definition) is 8. The number of ketones is 1. The Hall–Kier alpha value is -4.18. The molecule has 0 atom stereocenters. The molecule has 2 heterocycles. The predicted octanol–water partition coefficient (Wildman–Crippen LogP) is 4.99. The number of carboxylic acid groups (broad SMARTS) is 1. The summed E-state index contributed by atoms with van der Waals surface area (Å²) in [4.78, 5) is 30.3. The van der Waals surface area contributed by atoms with Crippen LogP contribution in [0.4, 0.5) is 4.39 Å². The average molecular weight is 508 g/mol. The fourth-order valence-electron chi connectivity index (χ4n) is 3.63. The van der Waals surface area contributed by atoms with Gasteiger partial charge in [-0.15, -0.1) is 0 Å². The number of halogens is 1. The molecule has 2 aromatic carbocycles.